The molecule has 10 rings (SSSR count). The zero-order valence-corrected chi connectivity index (χ0v) is 67.8. The van der Waals surface area contributed by atoms with E-state index in [1.54, 1.807) is 81.2 Å². The van der Waals surface area contributed by atoms with Crippen molar-refractivity contribution in [3.63, 3.8) is 0 Å². The van der Waals surface area contributed by atoms with Gasteiger partial charge < -0.3 is 71.6 Å². The number of ether oxygens (including phenoxy) is 4. The second-order valence-electron chi connectivity index (χ2n) is 19.9. The minimum absolute atomic E-state index is 0. The summed E-state index contributed by atoms with van der Waals surface area (Å²) in [6, 6.07) is 34.1. The fourth-order valence-corrected chi connectivity index (χ4v) is 9.14. The third-order valence-corrected chi connectivity index (χ3v) is 17.6. The molecule has 15 N–H and O–H groups in total. The van der Waals surface area contributed by atoms with Crippen molar-refractivity contribution in [1.82, 2.24) is 24.9 Å². The van der Waals surface area contributed by atoms with Crippen LogP contribution in [0.3, 0.4) is 0 Å². The zero-order valence-electron chi connectivity index (χ0n) is 52.5. The summed E-state index contributed by atoms with van der Waals surface area (Å²) in [4.78, 5) is 30.1. The Morgan fingerprint density at radius 2 is 0.796 bits per heavy atom. The number of hydrogen-bond acceptors (Lipinski definition) is 19. The average molecular weight is 2070 g/mol. The molecule has 27 heteroatoms. The number of phenolic OH excluding ortho intramolecular Hbond substituents is 1. The molecule has 0 radical (unpaired) electrons. The van der Waals surface area contributed by atoms with Crippen LogP contribution in [0.4, 0.5) is 46.2 Å². The maximum atomic E-state index is 10.9. The van der Waals surface area contributed by atoms with Crippen molar-refractivity contribution in [2.75, 3.05) is 40.1 Å². The first-order chi connectivity index (χ1) is 42.4. The zero-order chi connectivity index (χ0) is 66.7. The van der Waals surface area contributed by atoms with E-state index in [0.29, 0.717) is 77.6 Å². The minimum atomic E-state index is -0.402. The molecule has 5 aromatic heterocycles. The number of anilines is 7. The SMILES string of the molecule is Cc1cc(Oc2[c-]c(N)ncc2)c(C)cc1N.Cc1cc(Oc2ccnc(N)c2I)c(C)cc1N.Cc1cc([N+](=O)[O-])c(C)cc1Oc1ccnc(N)c1I.Cc1ccc(C)c(O)c1.Cc1ccc(C)c(Oc2ccnc(N)c2I)c1.Nc1nccc(Cl)c1I.[CH3-].[W].[W]. The van der Waals surface area contributed by atoms with Crippen LogP contribution in [0.25, 0.3) is 0 Å². The topological polar surface area (TPSA) is 347 Å². The second-order valence-corrected chi connectivity index (χ2v) is 24.6. The Morgan fingerprint density at radius 1 is 0.430 bits per heavy atom. The van der Waals surface area contributed by atoms with Gasteiger partial charge in [0, 0.05) is 114 Å². The van der Waals surface area contributed by atoms with Crippen LogP contribution in [-0.2, 0) is 42.1 Å². The Balaban J connectivity index is 0.000000385. The van der Waals surface area contributed by atoms with Gasteiger partial charge >= 0.3 is 0 Å². The van der Waals surface area contributed by atoms with Gasteiger partial charge in [0.25, 0.3) is 5.69 Å². The van der Waals surface area contributed by atoms with Gasteiger partial charge in [-0.25, -0.2) is 19.9 Å². The second kappa shape index (κ2) is 39.3. The largest absolute Gasteiger partial charge is 0.508 e. The van der Waals surface area contributed by atoms with Crippen molar-refractivity contribution in [3.05, 3.63) is 233 Å². The van der Waals surface area contributed by atoms with Gasteiger partial charge in [-0.2, -0.15) is 12.1 Å². The molecule has 10 aromatic rings. The van der Waals surface area contributed by atoms with Crippen LogP contribution in [0.5, 0.6) is 51.7 Å². The summed E-state index contributed by atoms with van der Waals surface area (Å²) in [6.45, 7) is 19.1. The number of nitrogen functional groups attached to an aromatic ring is 7. The summed E-state index contributed by atoms with van der Waals surface area (Å²) in [5.41, 5.74) is 50.9. The van der Waals surface area contributed by atoms with E-state index in [-0.39, 0.29) is 55.2 Å². The van der Waals surface area contributed by atoms with Gasteiger partial charge in [0.05, 0.1) is 24.2 Å². The summed E-state index contributed by atoms with van der Waals surface area (Å²) in [5, 5.41) is 20.6. The molecular weight excluding hydrogens is 2000 g/mol. The number of hydrogen-bond donors (Lipinski definition) is 8. The van der Waals surface area contributed by atoms with Gasteiger partial charge in [0.15, 0.2) is 0 Å². The molecule has 0 spiro atoms. The normalized spacial score (nSPS) is 9.84. The molecule has 20 nitrogen and oxygen atoms in total. The first-order valence-electron chi connectivity index (χ1n) is 26.9. The molecule has 0 unspecified atom stereocenters. The number of aromatic nitrogens is 5. The quantitative estimate of drug-likeness (QED) is 0.0219. The summed E-state index contributed by atoms with van der Waals surface area (Å²) in [7, 11) is 0. The van der Waals surface area contributed by atoms with E-state index in [4.69, 9.17) is 75.8 Å². The molecule has 0 fully saturated rings. The third kappa shape index (κ3) is 25.3. The molecule has 5 heterocycles. The molecule has 5 aromatic carbocycles. The van der Waals surface area contributed by atoms with Crippen LogP contribution in [-0.4, -0.2) is 34.9 Å². The predicted molar refractivity (Wildman–Crippen MR) is 401 cm³/mol. The number of pyridine rings is 5. The van der Waals surface area contributed by atoms with E-state index in [2.05, 4.69) is 82.2 Å². The van der Waals surface area contributed by atoms with Gasteiger partial charge in [-0.15, -0.1) is 0 Å². The first kappa shape index (κ1) is 82.5. The average Bonchev–Trinajstić information content (AvgIpc) is 0.869. The summed E-state index contributed by atoms with van der Waals surface area (Å²) >= 11 is 14.0. The van der Waals surface area contributed by atoms with Gasteiger partial charge in [-0.1, -0.05) is 42.1 Å². The number of aromatic hydroxyl groups is 1. The Hall–Kier alpha value is -6.56. The fraction of sp³-hybridized carbons (Fsp3) is 0.152. The Labute approximate surface area is 631 Å². The number of aryl methyl sites for hydroxylation is 10. The van der Waals surface area contributed by atoms with Crippen molar-refractivity contribution in [3.8, 4) is 51.7 Å². The van der Waals surface area contributed by atoms with Gasteiger partial charge in [0.2, 0.25) is 0 Å². The van der Waals surface area contributed by atoms with Crippen molar-refractivity contribution >= 4 is 148 Å². The molecule has 0 amide bonds. The number of nitrogens with zero attached hydrogens (tertiary/aromatic N) is 6. The Morgan fingerprint density at radius 3 is 1.19 bits per heavy atom. The minimum Gasteiger partial charge on any atom is -0.508 e. The number of benzene rings is 5. The molecule has 490 valence electrons. The number of nitro groups is 1. The Bertz CT molecular complexity index is 4160. The standard InChI is InChI=1S/C13H12IN3O3.C13H14IN3O.C13H13IN2O.C13H14N3O.C8H10O.C5H4ClIN2.CH3.2W/c1-7-6-11(8(2)5-9(7)17(18)19)20-10-3-4-16-13(15)12(10)14;1-7-6-11(8(2)5-9(7)15)18-10-3-4-17-13(16)12(10)14;1-8-3-4-9(2)11(7-8)17-10-5-6-16-13(15)12(10)14;1-8-6-12(9(2)5-11(8)14)17-10-3-4-16-13(15)7-10;1-6-3-4-7(2)8(9)5-6;6-3-1-2-9-5(8)4(3)7;;;/h3-6H,1-2H3,(H2,15,16);3-6H,15H2,1-2H3,(H2,16,17);3-7H,1-2H3,(H2,15,16);3-6H,14H2,1-2H3,(H2,15,16);3-5,9H,1-2H3;1-2H,(H2,8,9);1H3;;/q;;;-1;;;-1;;. The van der Waals surface area contributed by atoms with Gasteiger partial charge in [-0.05, 0) is 264 Å². The molecule has 0 saturated heterocycles. The van der Waals surface area contributed by atoms with E-state index in [0.717, 1.165) is 84.0 Å². The molecular formula is C66H70ClI4N13O7W2-2. The Kier molecular flexibility index (Phi) is 34.9. The summed E-state index contributed by atoms with van der Waals surface area (Å²) in [6.07, 6.45) is 8.01. The van der Waals surface area contributed by atoms with Crippen LogP contribution in [0.15, 0.2) is 134 Å². The molecule has 0 aliphatic carbocycles. The van der Waals surface area contributed by atoms with Crippen LogP contribution < -0.4 is 59.1 Å². The number of phenols is 1. The van der Waals surface area contributed by atoms with E-state index in [9.17, 15) is 10.1 Å². The maximum absolute atomic E-state index is 10.9. The molecule has 0 saturated carbocycles. The van der Waals surface area contributed by atoms with E-state index >= 15 is 0 Å². The fourth-order valence-electron chi connectivity index (χ4n) is 7.38. The smallest absolute Gasteiger partial charge is 0.272 e. The van der Waals surface area contributed by atoms with Gasteiger partial charge in [-0.3, -0.25) is 15.1 Å². The monoisotopic (exact) mass is 2070 g/mol. The number of rotatable bonds is 9. The number of nitro benzene ring substituents is 1. The molecule has 0 atom stereocenters. The van der Waals surface area contributed by atoms with Crippen LogP contribution in [0, 0.1) is 107 Å². The third-order valence-electron chi connectivity index (χ3n) is 12.6. The van der Waals surface area contributed by atoms with Crippen molar-refractivity contribution in [2.45, 2.75) is 69.2 Å². The maximum Gasteiger partial charge on any atom is 0.272 e. The van der Waals surface area contributed by atoms with Gasteiger partial charge in [0.1, 0.15) is 69.3 Å². The van der Waals surface area contributed by atoms with E-state index in [1.807, 2.05) is 155 Å². The number of nitrogens with two attached hydrogens (primary N) is 7. The van der Waals surface area contributed by atoms with Crippen LogP contribution >= 0.6 is 102 Å². The predicted octanol–water partition coefficient (Wildman–Crippen LogP) is 17.4. The molecule has 93 heavy (non-hydrogen) atoms. The van der Waals surface area contributed by atoms with E-state index in [1.165, 1.54) is 11.6 Å². The van der Waals surface area contributed by atoms with Crippen molar-refractivity contribution in [1.29, 1.82) is 0 Å². The van der Waals surface area contributed by atoms with Crippen molar-refractivity contribution < 1.29 is 71.1 Å². The number of halogens is 5. The molecule has 0 aliphatic rings. The first-order valence-corrected chi connectivity index (χ1v) is 31.6. The summed E-state index contributed by atoms with van der Waals surface area (Å²) < 4.78 is 26.4. The molecule has 0 bridgehead atoms. The van der Waals surface area contributed by atoms with Crippen molar-refractivity contribution in [2.24, 2.45) is 0 Å². The van der Waals surface area contributed by atoms with Crippen LogP contribution in [0.1, 0.15) is 55.6 Å². The van der Waals surface area contributed by atoms with E-state index < -0.39 is 4.92 Å². The molecule has 0 aliphatic heterocycles. The van der Waals surface area contributed by atoms with Crippen LogP contribution in [0.2, 0.25) is 5.02 Å². The summed E-state index contributed by atoms with van der Waals surface area (Å²) in [5.74, 6) is 8.06.